The lowest BCUT2D eigenvalue weighted by Crippen LogP contribution is -2.49. The summed E-state index contributed by atoms with van der Waals surface area (Å²) in [5.41, 5.74) is 3.47. The Bertz CT molecular complexity index is 1090. The molecule has 0 spiro atoms. The van der Waals surface area contributed by atoms with Crippen LogP contribution in [-0.4, -0.2) is 15.9 Å². The molecule has 1 saturated carbocycles. The number of fused-ring (bicyclic) bond motifs is 6. The van der Waals surface area contributed by atoms with Gasteiger partial charge in [0.25, 0.3) is 0 Å². The average molecular weight is 375 g/mol. The molecule has 1 heterocycles. The Labute approximate surface area is 163 Å². The van der Waals surface area contributed by atoms with Crippen LogP contribution in [0.3, 0.4) is 0 Å². The number of hydrogen-bond acceptors (Lipinski definition) is 3. The van der Waals surface area contributed by atoms with E-state index in [1.54, 1.807) is 12.1 Å². The molecule has 2 aromatic carbocycles. The lowest BCUT2D eigenvalue weighted by atomic mass is 9.67. The summed E-state index contributed by atoms with van der Waals surface area (Å²) in [6.45, 7) is 4.70. The van der Waals surface area contributed by atoms with E-state index < -0.39 is 5.41 Å². The maximum Gasteiger partial charge on any atom is 0.233 e. The normalized spacial score (nSPS) is 24.3. The Balaban J connectivity index is 1.55. The molecule has 0 aliphatic heterocycles. The van der Waals surface area contributed by atoms with Gasteiger partial charge in [-0.1, -0.05) is 38.1 Å². The van der Waals surface area contributed by atoms with Gasteiger partial charge in [0.05, 0.1) is 27.8 Å². The first-order chi connectivity index (χ1) is 13.4. The van der Waals surface area contributed by atoms with E-state index in [0.29, 0.717) is 6.54 Å². The van der Waals surface area contributed by atoms with Crippen LogP contribution < -0.4 is 5.32 Å². The molecule has 28 heavy (non-hydrogen) atoms. The van der Waals surface area contributed by atoms with Crippen LogP contribution in [0.2, 0.25) is 0 Å². The van der Waals surface area contributed by atoms with Crippen LogP contribution in [-0.2, 0) is 16.8 Å². The summed E-state index contributed by atoms with van der Waals surface area (Å²) in [5.74, 6) is -0.0517. The Morgan fingerprint density at radius 3 is 2.50 bits per heavy atom. The predicted octanol–water partition coefficient (Wildman–Crippen LogP) is 4.24. The number of aromatic nitrogens is 2. The molecule has 2 unspecified atom stereocenters. The largest absolute Gasteiger partial charge is 0.351 e. The van der Waals surface area contributed by atoms with Crippen LogP contribution in [0.4, 0.5) is 4.39 Å². The molecule has 1 N–H and O–H groups in total. The van der Waals surface area contributed by atoms with Crippen molar-refractivity contribution in [3.8, 4) is 0 Å². The van der Waals surface area contributed by atoms with Crippen molar-refractivity contribution in [3.05, 3.63) is 71.3 Å². The second kappa shape index (κ2) is 5.84. The van der Waals surface area contributed by atoms with Crippen molar-refractivity contribution in [2.24, 2.45) is 5.41 Å². The van der Waals surface area contributed by atoms with Gasteiger partial charge in [-0.05, 0) is 48.1 Å². The number of halogens is 1. The standard InChI is InChI=1S/C23H22FN3O/c1-22(2)16-11-12-23(22,21(28)25-13-14-7-9-15(24)10-8-14)20-19(16)26-17-5-3-4-6-18(17)27-20/h3-10,16H,11-13H2,1-2H3,(H,25,28). The van der Waals surface area contributed by atoms with Crippen LogP contribution in [0.5, 0.6) is 0 Å². The molecule has 2 bridgehead atoms. The second-order valence-corrected chi connectivity index (χ2v) is 8.47. The number of para-hydroxylation sites is 2. The van der Waals surface area contributed by atoms with E-state index in [-0.39, 0.29) is 23.1 Å². The molecule has 3 aromatic rings. The van der Waals surface area contributed by atoms with E-state index in [9.17, 15) is 9.18 Å². The van der Waals surface area contributed by atoms with E-state index in [1.165, 1.54) is 12.1 Å². The molecule has 142 valence electrons. The maximum atomic E-state index is 13.5. The van der Waals surface area contributed by atoms with Gasteiger partial charge in [-0.25, -0.2) is 14.4 Å². The fourth-order valence-corrected chi connectivity index (χ4v) is 5.26. The Morgan fingerprint density at radius 2 is 1.79 bits per heavy atom. The summed E-state index contributed by atoms with van der Waals surface area (Å²) in [4.78, 5) is 23.4. The number of rotatable bonds is 3. The van der Waals surface area contributed by atoms with Crippen molar-refractivity contribution < 1.29 is 9.18 Å². The van der Waals surface area contributed by atoms with E-state index in [4.69, 9.17) is 9.97 Å². The van der Waals surface area contributed by atoms with Gasteiger partial charge in [0.15, 0.2) is 0 Å². The summed E-state index contributed by atoms with van der Waals surface area (Å²) in [5, 5.41) is 3.09. The molecular formula is C23H22FN3O. The number of carbonyl (C=O) groups is 1. The highest BCUT2D eigenvalue weighted by atomic mass is 19.1. The van der Waals surface area contributed by atoms with Crippen LogP contribution >= 0.6 is 0 Å². The Hall–Kier alpha value is -2.82. The van der Waals surface area contributed by atoms with Crippen molar-refractivity contribution in [3.63, 3.8) is 0 Å². The maximum absolute atomic E-state index is 13.5. The van der Waals surface area contributed by atoms with E-state index >= 15 is 0 Å². The summed E-state index contributed by atoms with van der Waals surface area (Å²) in [6, 6.07) is 14.1. The molecule has 0 saturated heterocycles. The number of hydrogen-bond donors (Lipinski definition) is 1. The van der Waals surface area contributed by atoms with Gasteiger partial charge in [-0.15, -0.1) is 0 Å². The van der Waals surface area contributed by atoms with Gasteiger partial charge in [0, 0.05) is 12.5 Å². The zero-order valence-electron chi connectivity index (χ0n) is 16.0. The van der Waals surface area contributed by atoms with Crippen LogP contribution in [0.15, 0.2) is 48.5 Å². The van der Waals surface area contributed by atoms with E-state index in [0.717, 1.165) is 40.8 Å². The monoisotopic (exact) mass is 375 g/mol. The lowest BCUT2D eigenvalue weighted by Gasteiger charge is -2.36. The predicted molar refractivity (Wildman–Crippen MR) is 105 cm³/mol. The Morgan fingerprint density at radius 1 is 1.11 bits per heavy atom. The number of carbonyl (C=O) groups excluding carboxylic acids is 1. The lowest BCUT2D eigenvalue weighted by molar-refractivity contribution is -0.130. The van der Waals surface area contributed by atoms with Gasteiger partial charge >= 0.3 is 0 Å². The van der Waals surface area contributed by atoms with Crippen LogP contribution in [0, 0.1) is 11.2 Å². The first-order valence-corrected chi connectivity index (χ1v) is 9.73. The molecule has 4 nitrogen and oxygen atoms in total. The molecule has 2 atom stereocenters. The summed E-state index contributed by atoms with van der Waals surface area (Å²) < 4.78 is 13.1. The van der Waals surface area contributed by atoms with Gasteiger partial charge < -0.3 is 5.32 Å². The second-order valence-electron chi connectivity index (χ2n) is 8.47. The van der Waals surface area contributed by atoms with E-state index in [1.807, 2.05) is 24.3 Å². The zero-order chi connectivity index (χ0) is 19.5. The van der Waals surface area contributed by atoms with Crippen molar-refractivity contribution in [2.45, 2.75) is 44.6 Å². The summed E-state index contributed by atoms with van der Waals surface area (Å²) >= 11 is 0. The molecule has 1 aromatic heterocycles. The molecule has 1 fully saturated rings. The molecule has 2 aliphatic rings. The van der Waals surface area contributed by atoms with Crippen LogP contribution in [0.25, 0.3) is 11.0 Å². The highest BCUT2D eigenvalue weighted by molar-refractivity contribution is 5.92. The zero-order valence-corrected chi connectivity index (χ0v) is 16.0. The smallest absolute Gasteiger partial charge is 0.233 e. The highest BCUT2D eigenvalue weighted by Gasteiger charge is 2.67. The minimum atomic E-state index is -0.677. The minimum Gasteiger partial charge on any atom is -0.351 e. The van der Waals surface area contributed by atoms with Gasteiger partial charge in [0.2, 0.25) is 5.91 Å². The number of benzene rings is 2. The number of amides is 1. The third kappa shape index (κ3) is 2.19. The SMILES string of the molecule is CC1(C)C2CCC1(C(=O)NCc1ccc(F)cc1)c1nc3ccccc3nc12. The quantitative estimate of drug-likeness (QED) is 0.745. The first-order valence-electron chi connectivity index (χ1n) is 9.73. The summed E-state index contributed by atoms with van der Waals surface area (Å²) in [7, 11) is 0. The fraction of sp³-hybridized carbons (Fsp3) is 0.348. The third-order valence-corrected chi connectivity index (χ3v) is 6.86. The van der Waals surface area contributed by atoms with Gasteiger partial charge in [0.1, 0.15) is 5.82 Å². The molecule has 0 radical (unpaired) electrons. The highest BCUT2D eigenvalue weighted by Crippen LogP contribution is 2.67. The molecule has 5 rings (SSSR count). The first kappa shape index (κ1) is 17.3. The molecule has 1 amide bonds. The van der Waals surface area contributed by atoms with Crippen molar-refractivity contribution in [1.29, 1.82) is 0 Å². The fourth-order valence-electron chi connectivity index (χ4n) is 5.26. The summed E-state index contributed by atoms with van der Waals surface area (Å²) in [6.07, 6.45) is 1.72. The number of nitrogens with one attached hydrogen (secondary N) is 1. The molecule has 5 heteroatoms. The number of nitrogens with zero attached hydrogens (tertiary/aromatic N) is 2. The molecular weight excluding hydrogens is 353 g/mol. The third-order valence-electron chi connectivity index (χ3n) is 6.86. The Kier molecular flexibility index (Phi) is 3.60. The van der Waals surface area contributed by atoms with Gasteiger partial charge in [-0.2, -0.15) is 0 Å². The topological polar surface area (TPSA) is 54.9 Å². The van der Waals surface area contributed by atoms with Crippen molar-refractivity contribution in [1.82, 2.24) is 15.3 Å². The van der Waals surface area contributed by atoms with E-state index in [2.05, 4.69) is 19.2 Å². The average Bonchev–Trinajstić information content (AvgIpc) is 3.07. The van der Waals surface area contributed by atoms with Gasteiger partial charge in [-0.3, -0.25) is 4.79 Å². The van der Waals surface area contributed by atoms with Crippen LogP contribution in [0.1, 0.15) is 49.6 Å². The van der Waals surface area contributed by atoms with Crippen molar-refractivity contribution in [2.75, 3.05) is 0 Å². The molecule has 2 aliphatic carbocycles. The van der Waals surface area contributed by atoms with Crippen molar-refractivity contribution >= 4 is 16.9 Å². The minimum absolute atomic E-state index is 0.00680.